The Morgan fingerprint density at radius 1 is 1.38 bits per heavy atom. The van der Waals surface area contributed by atoms with Gasteiger partial charge in [-0.2, -0.15) is 0 Å². The second-order valence-electron chi connectivity index (χ2n) is 5.23. The number of carboxylic acid groups (broad SMARTS) is 1. The summed E-state index contributed by atoms with van der Waals surface area (Å²) in [6.07, 6.45) is 1.76. The van der Waals surface area contributed by atoms with Crippen molar-refractivity contribution in [3.8, 4) is 0 Å². The molecule has 1 atom stereocenters. The fourth-order valence-corrected chi connectivity index (χ4v) is 2.61. The Labute approximate surface area is 122 Å². The van der Waals surface area contributed by atoms with E-state index in [0.717, 1.165) is 19.4 Å². The first kappa shape index (κ1) is 15.4. The summed E-state index contributed by atoms with van der Waals surface area (Å²) in [5.74, 6) is -1.41. The summed E-state index contributed by atoms with van der Waals surface area (Å²) in [5, 5.41) is 11.5. The van der Waals surface area contributed by atoms with Crippen molar-refractivity contribution in [2.45, 2.75) is 31.8 Å². The fourth-order valence-electron chi connectivity index (χ4n) is 2.61. The van der Waals surface area contributed by atoms with Crippen molar-refractivity contribution >= 4 is 11.9 Å². The highest BCUT2D eigenvalue weighted by molar-refractivity contribution is 5.78. The first-order valence-electron chi connectivity index (χ1n) is 7.02. The number of nitrogens with one attached hydrogen (secondary N) is 1. The lowest BCUT2D eigenvalue weighted by molar-refractivity contribution is -0.138. The molecule has 114 valence electrons. The van der Waals surface area contributed by atoms with E-state index in [9.17, 15) is 14.0 Å². The largest absolute Gasteiger partial charge is 0.481 e. The standard InChI is InChI=1S/C15H19FN2O3/c16-13-6-2-1-4-11(13)9-17-14(19)10-18-7-3-5-12(18)8-15(20)21/h1-2,4,6,12H,3,5,7-10H2,(H,17,19)(H,20,21). The summed E-state index contributed by atoms with van der Waals surface area (Å²) in [5.41, 5.74) is 0.439. The predicted octanol–water partition coefficient (Wildman–Crippen LogP) is 1.38. The van der Waals surface area contributed by atoms with Crippen molar-refractivity contribution in [3.63, 3.8) is 0 Å². The Balaban J connectivity index is 1.81. The quantitative estimate of drug-likeness (QED) is 0.831. The van der Waals surface area contributed by atoms with Crippen LogP contribution >= 0.6 is 0 Å². The number of carboxylic acids is 1. The van der Waals surface area contributed by atoms with Gasteiger partial charge in [0.2, 0.25) is 5.91 Å². The Hall–Kier alpha value is -1.95. The zero-order chi connectivity index (χ0) is 15.2. The van der Waals surface area contributed by atoms with Crippen LogP contribution in [0.4, 0.5) is 4.39 Å². The monoisotopic (exact) mass is 294 g/mol. The van der Waals surface area contributed by atoms with Crippen LogP contribution in [0.25, 0.3) is 0 Å². The van der Waals surface area contributed by atoms with Crippen LogP contribution < -0.4 is 5.32 Å². The molecule has 0 saturated carbocycles. The summed E-state index contributed by atoms with van der Waals surface area (Å²) in [4.78, 5) is 24.5. The summed E-state index contributed by atoms with van der Waals surface area (Å²) in [7, 11) is 0. The number of halogens is 1. The highest BCUT2D eigenvalue weighted by atomic mass is 19.1. The Kier molecular flexibility index (Phi) is 5.27. The van der Waals surface area contributed by atoms with E-state index in [-0.39, 0.29) is 37.3 Å². The summed E-state index contributed by atoms with van der Waals surface area (Å²) >= 11 is 0. The predicted molar refractivity (Wildman–Crippen MR) is 75.1 cm³/mol. The van der Waals surface area contributed by atoms with Crippen LogP contribution in [-0.4, -0.2) is 41.0 Å². The molecule has 1 fully saturated rings. The summed E-state index contributed by atoms with van der Waals surface area (Å²) in [6, 6.07) is 6.21. The maximum Gasteiger partial charge on any atom is 0.304 e. The van der Waals surface area contributed by atoms with Crippen LogP contribution in [0.2, 0.25) is 0 Å². The van der Waals surface area contributed by atoms with Gasteiger partial charge in [0.05, 0.1) is 13.0 Å². The van der Waals surface area contributed by atoms with Crippen molar-refractivity contribution in [1.29, 1.82) is 0 Å². The summed E-state index contributed by atoms with van der Waals surface area (Å²) in [6.45, 7) is 1.03. The highest BCUT2D eigenvalue weighted by Crippen LogP contribution is 2.19. The number of carbonyl (C=O) groups excluding carboxylic acids is 1. The minimum Gasteiger partial charge on any atom is -0.481 e. The third-order valence-electron chi connectivity index (χ3n) is 3.69. The molecule has 1 aliphatic heterocycles. The number of likely N-dealkylation sites (tertiary alicyclic amines) is 1. The third kappa shape index (κ3) is 4.53. The van der Waals surface area contributed by atoms with Crippen molar-refractivity contribution < 1.29 is 19.1 Å². The number of hydrogen-bond acceptors (Lipinski definition) is 3. The Bertz CT molecular complexity index is 521. The molecule has 1 saturated heterocycles. The van der Waals surface area contributed by atoms with Gasteiger partial charge in [0, 0.05) is 18.2 Å². The molecule has 2 rings (SSSR count). The molecule has 0 aliphatic carbocycles. The van der Waals surface area contributed by atoms with Gasteiger partial charge in [0.25, 0.3) is 0 Å². The van der Waals surface area contributed by atoms with Gasteiger partial charge in [-0.15, -0.1) is 0 Å². The molecule has 0 bridgehead atoms. The summed E-state index contributed by atoms with van der Waals surface area (Å²) < 4.78 is 13.4. The number of amides is 1. The van der Waals surface area contributed by atoms with Gasteiger partial charge in [-0.3, -0.25) is 14.5 Å². The number of nitrogens with zero attached hydrogens (tertiary/aromatic N) is 1. The second kappa shape index (κ2) is 7.17. The minimum absolute atomic E-state index is 0.0561. The average molecular weight is 294 g/mol. The fraction of sp³-hybridized carbons (Fsp3) is 0.467. The Morgan fingerprint density at radius 2 is 2.14 bits per heavy atom. The van der Waals surface area contributed by atoms with Gasteiger partial charge in [0.1, 0.15) is 5.82 Å². The van der Waals surface area contributed by atoms with Crippen LogP contribution in [0.15, 0.2) is 24.3 Å². The maximum atomic E-state index is 13.4. The molecule has 1 aromatic carbocycles. The van der Waals surface area contributed by atoms with Crippen LogP contribution in [0.3, 0.4) is 0 Å². The van der Waals surface area contributed by atoms with E-state index in [2.05, 4.69) is 5.32 Å². The van der Waals surface area contributed by atoms with Crippen molar-refractivity contribution in [3.05, 3.63) is 35.6 Å². The molecule has 1 amide bonds. The molecule has 0 spiro atoms. The number of hydrogen-bond donors (Lipinski definition) is 2. The third-order valence-corrected chi connectivity index (χ3v) is 3.69. The van der Waals surface area contributed by atoms with Crippen LogP contribution in [0.1, 0.15) is 24.8 Å². The van der Waals surface area contributed by atoms with Crippen molar-refractivity contribution in [1.82, 2.24) is 10.2 Å². The zero-order valence-electron chi connectivity index (χ0n) is 11.7. The number of aliphatic carboxylic acids is 1. The van der Waals surface area contributed by atoms with E-state index in [4.69, 9.17) is 5.11 Å². The van der Waals surface area contributed by atoms with E-state index in [0.29, 0.717) is 5.56 Å². The first-order chi connectivity index (χ1) is 10.1. The van der Waals surface area contributed by atoms with Gasteiger partial charge in [-0.1, -0.05) is 18.2 Å². The molecular formula is C15H19FN2O3. The smallest absolute Gasteiger partial charge is 0.304 e. The van der Waals surface area contributed by atoms with E-state index in [1.807, 2.05) is 4.90 Å². The van der Waals surface area contributed by atoms with E-state index in [1.165, 1.54) is 6.07 Å². The van der Waals surface area contributed by atoms with Crippen LogP contribution in [-0.2, 0) is 16.1 Å². The molecule has 1 aliphatic rings. The topological polar surface area (TPSA) is 69.6 Å². The molecule has 0 radical (unpaired) electrons. The van der Waals surface area contributed by atoms with Gasteiger partial charge < -0.3 is 10.4 Å². The normalized spacial score (nSPS) is 18.6. The first-order valence-corrected chi connectivity index (χ1v) is 7.02. The second-order valence-corrected chi connectivity index (χ2v) is 5.23. The number of benzene rings is 1. The van der Waals surface area contributed by atoms with Crippen LogP contribution in [0, 0.1) is 5.82 Å². The number of carbonyl (C=O) groups is 2. The molecule has 5 nitrogen and oxygen atoms in total. The van der Waals surface area contributed by atoms with E-state index < -0.39 is 5.97 Å². The SMILES string of the molecule is O=C(O)CC1CCCN1CC(=O)NCc1ccccc1F. The van der Waals surface area contributed by atoms with Gasteiger partial charge in [0.15, 0.2) is 0 Å². The minimum atomic E-state index is -0.848. The molecule has 21 heavy (non-hydrogen) atoms. The molecular weight excluding hydrogens is 275 g/mol. The zero-order valence-corrected chi connectivity index (χ0v) is 11.7. The lowest BCUT2D eigenvalue weighted by Gasteiger charge is -2.22. The Morgan fingerprint density at radius 3 is 2.86 bits per heavy atom. The van der Waals surface area contributed by atoms with Gasteiger partial charge in [-0.05, 0) is 25.5 Å². The van der Waals surface area contributed by atoms with Crippen LogP contribution in [0.5, 0.6) is 0 Å². The molecule has 1 aromatic rings. The average Bonchev–Trinajstić information content (AvgIpc) is 2.84. The molecule has 1 heterocycles. The molecule has 0 aromatic heterocycles. The molecule has 2 N–H and O–H groups in total. The van der Waals surface area contributed by atoms with E-state index in [1.54, 1.807) is 18.2 Å². The van der Waals surface area contributed by atoms with Gasteiger partial charge >= 0.3 is 5.97 Å². The van der Waals surface area contributed by atoms with E-state index >= 15 is 0 Å². The van der Waals surface area contributed by atoms with Crippen molar-refractivity contribution in [2.24, 2.45) is 0 Å². The lowest BCUT2D eigenvalue weighted by atomic mass is 10.1. The van der Waals surface area contributed by atoms with Crippen molar-refractivity contribution in [2.75, 3.05) is 13.1 Å². The lowest BCUT2D eigenvalue weighted by Crippen LogP contribution is -2.40. The van der Waals surface area contributed by atoms with Gasteiger partial charge in [-0.25, -0.2) is 4.39 Å². The highest BCUT2D eigenvalue weighted by Gasteiger charge is 2.27. The molecule has 6 heteroatoms. The molecule has 1 unspecified atom stereocenters. The maximum absolute atomic E-state index is 13.4. The number of rotatable bonds is 6.